The molecule has 0 radical (unpaired) electrons. The monoisotopic (exact) mass is 328 g/mol. The molecule has 1 saturated heterocycles. The molecule has 1 aliphatic rings. The summed E-state index contributed by atoms with van der Waals surface area (Å²) in [4.78, 5) is 17.2. The third-order valence-electron chi connectivity index (χ3n) is 4.53. The molecule has 0 aromatic carbocycles. The topological polar surface area (TPSA) is 58.4 Å². The number of thiazole rings is 1. The molecule has 23 heavy (non-hydrogen) atoms. The fraction of sp³-hybridized carbons (Fsp3) is 0.438. The Labute approximate surface area is 139 Å². The molecule has 3 aromatic rings. The highest BCUT2D eigenvalue weighted by Crippen LogP contribution is 2.33. The molecule has 0 amide bonds. The number of hydrogen-bond acceptors (Lipinski definition) is 6. The Morgan fingerprint density at radius 3 is 3.13 bits per heavy atom. The highest BCUT2D eigenvalue weighted by atomic mass is 32.1. The van der Waals surface area contributed by atoms with Gasteiger partial charge in [0, 0.05) is 25.2 Å². The van der Waals surface area contributed by atoms with Gasteiger partial charge >= 0.3 is 0 Å². The molecular weight excluding hydrogens is 308 g/mol. The van der Waals surface area contributed by atoms with E-state index in [1.165, 1.54) is 12.1 Å². The first kappa shape index (κ1) is 14.6. The molecule has 4 rings (SSSR count). The van der Waals surface area contributed by atoms with Crippen LogP contribution in [0, 0.1) is 6.92 Å². The Kier molecular flexibility index (Phi) is 3.74. The Hall–Kier alpha value is -1.99. The van der Waals surface area contributed by atoms with Crippen LogP contribution < -0.4 is 5.32 Å². The summed E-state index contributed by atoms with van der Waals surface area (Å²) in [6, 6.07) is 0.333. The molecule has 1 aliphatic heterocycles. The first-order valence-electron chi connectivity index (χ1n) is 7.91. The van der Waals surface area contributed by atoms with Crippen LogP contribution in [0.5, 0.6) is 0 Å². The SMILES string of the molecule is CNc1cncc([C@@H]2CCCN2Cc2c(C)nc3sccn23)n1. The highest BCUT2D eigenvalue weighted by molar-refractivity contribution is 7.15. The van der Waals surface area contributed by atoms with Gasteiger partial charge in [-0.2, -0.15) is 0 Å². The van der Waals surface area contributed by atoms with Crippen LogP contribution in [0.2, 0.25) is 0 Å². The lowest BCUT2D eigenvalue weighted by Gasteiger charge is -2.24. The Bertz CT molecular complexity index is 823. The van der Waals surface area contributed by atoms with E-state index in [-0.39, 0.29) is 0 Å². The molecule has 3 aromatic heterocycles. The largest absolute Gasteiger partial charge is 0.372 e. The third kappa shape index (κ3) is 2.60. The summed E-state index contributed by atoms with van der Waals surface area (Å²) in [5.41, 5.74) is 3.46. The predicted octanol–water partition coefficient (Wildman–Crippen LogP) is 2.87. The zero-order valence-electron chi connectivity index (χ0n) is 13.4. The normalized spacial score (nSPS) is 18.8. The molecule has 0 aliphatic carbocycles. The lowest BCUT2D eigenvalue weighted by molar-refractivity contribution is 0.240. The average molecular weight is 328 g/mol. The van der Waals surface area contributed by atoms with Crippen LogP contribution in [0.3, 0.4) is 0 Å². The fourth-order valence-corrected chi connectivity index (χ4v) is 4.11. The molecule has 0 unspecified atom stereocenters. The number of aromatic nitrogens is 4. The summed E-state index contributed by atoms with van der Waals surface area (Å²) in [6.45, 7) is 4.09. The van der Waals surface area contributed by atoms with Crippen molar-refractivity contribution in [1.82, 2.24) is 24.3 Å². The quantitative estimate of drug-likeness (QED) is 0.798. The number of hydrogen-bond donors (Lipinski definition) is 1. The second kappa shape index (κ2) is 5.90. The van der Waals surface area contributed by atoms with E-state index in [4.69, 9.17) is 4.98 Å². The molecule has 1 fully saturated rings. The van der Waals surface area contributed by atoms with Crippen LogP contribution in [0.25, 0.3) is 4.96 Å². The van der Waals surface area contributed by atoms with E-state index in [9.17, 15) is 0 Å². The maximum atomic E-state index is 4.69. The van der Waals surface area contributed by atoms with Crippen LogP contribution in [-0.4, -0.2) is 37.8 Å². The maximum absolute atomic E-state index is 4.69. The number of anilines is 1. The minimum atomic E-state index is 0.333. The van der Waals surface area contributed by atoms with Gasteiger partial charge in [0.15, 0.2) is 4.96 Å². The van der Waals surface area contributed by atoms with Crippen molar-refractivity contribution in [2.24, 2.45) is 0 Å². The number of fused-ring (bicyclic) bond motifs is 1. The van der Waals surface area contributed by atoms with Crippen molar-refractivity contribution < 1.29 is 0 Å². The second-order valence-electron chi connectivity index (χ2n) is 5.91. The number of rotatable bonds is 4. The second-order valence-corrected chi connectivity index (χ2v) is 6.78. The van der Waals surface area contributed by atoms with Gasteiger partial charge in [0.2, 0.25) is 0 Å². The van der Waals surface area contributed by atoms with Crippen LogP contribution in [0.1, 0.15) is 36.0 Å². The lowest BCUT2D eigenvalue weighted by atomic mass is 10.1. The minimum Gasteiger partial charge on any atom is -0.372 e. The van der Waals surface area contributed by atoms with Crippen molar-refractivity contribution >= 4 is 22.1 Å². The van der Waals surface area contributed by atoms with Gasteiger partial charge in [0.05, 0.1) is 35.5 Å². The van der Waals surface area contributed by atoms with Crippen molar-refractivity contribution in [2.75, 3.05) is 18.9 Å². The van der Waals surface area contributed by atoms with Crippen molar-refractivity contribution in [1.29, 1.82) is 0 Å². The first-order chi connectivity index (χ1) is 11.3. The van der Waals surface area contributed by atoms with Gasteiger partial charge in [-0.15, -0.1) is 11.3 Å². The molecule has 4 heterocycles. The van der Waals surface area contributed by atoms with Gasteiger partial charge in [0.25, 0.3) is 0 Å². The van der Waals surface area contributed by atoms with E-state index in [1.54, 1.807) is 17.5 Å². The number of nitrogens with one attached hydrogen (secondary N) is 1. The van der Waals surface area contributed by atoms with E-state index in [0.29, 0.717) is 6.04 Å². The predicted molar refractivity (Wildman–Crippen MR) is 91.8 cm³/mol. The minimum absolute atomic E-state index is 0.333. The molecular formula is C16H20N6S. The van der Waals surface area contributed by atoms with Crippen LogP contribution in [0.4, 0.5) is 5.82 Å². The number of imidazole rings is 1. The molecule has 1 N–H and O–H groups in total. The van der Waals surface area contributed by atoms with Crippen LogP contribution >= 0.6 is 11.3 Å². The Morgan fingerprint density at radius 1 is 1.35 bits per heavy atom. The van der Waals surface area contributed by atoms with Crippen molar-refractivity contribution in [3.63, 3.8) is 0 Å². The van der Waals surface area contributed by atoms with Gasteiger partial charge in [-0.3, -0.25) is 14.3 Å². The summed E-state index contributed by atoms with van der Waals surface area (Å²) in [6.07, 6.45) is 8.10. The van der Waals surface area contributed by atoms with Gasteiger partial charge in [-0.05, 0) is 26.3 Å². The van der Waals surface area contributed by atoms with Gasteiger partial charge in [-0.1, -0.05) is 0 Å². The summed E-state index contributed by atoms with van der Waals surface area (Å²) < 4.78 is 2.21. The third-order valence-corrected chi connectivity index (χ3v) is 5.29. The smallest absolute Gasteiger partial charge is 0.194 e. The number of nitrogens with zero attached hydrogens (tertiary/aromatic N) is 5. The summed E-state index contributed by atoms with van der Waals surface area (Å²) in [5, 5.41) is 5.17. The number of likely N-dealkylation sites (tertiary alicyclic amines) is 1. The highest BCUT2D eigenvalue weighted by Gasteiger charge is 2.29. The standard InChI is InChI=1S/C16H20N6S/c1-11-14(22-6-7-23-16(22)19-11)10-21-5-3-4-13(21)12-8-18-9-15(17-2)20-12/h6-9,13H,3-5,10H2,1-2H3,(H,17,20)/t13-/m0/s1. The van der Waals surface area contributed by atoms with Crippen molar-refractivity contribution in [3.05, 3.63) is 41.1 Å². The first-order valence-corrected chi connectivity index (χ1v) is 8.79. The van der Waals surface area contributed by atoms with Crippen LogP contribution in [-0.2, 0) is 6.54 Å². The zero-order valence-corrected chi connectivity index (χ0v) is 14.2. The van der Waals surface area contributed by atoms with E-state index in [1.807, 2.05) is 13.2 Å². The molecule has 120 valence electrons. The summed E-state index contributed by atoms with van der Waals surface area (Å²) in [7, 11) is 1.88. The average Bonchev–Trinajstić information content (AvgIpc) is 3.26. The van der Waals surface area contributed by atoms with E-state index >= 15 is 0 Å². The maximum Gasteiger partial charge on any atom is 0.194 e. The van der Waals surface area contributed by atoms with E-state index in [2.05, 4.69) is 43.1 Å². The molecule has 0 saturated carbocycles. The molecule has 1 atom stereocenters. The molecule has 7 heteroatoms. The number of aryl methyl sites for hydroxylation is 1. The van der Waals surface area contributed by atoms with Crippen molar-refractivity contribution in [3.8, 4) is 0 Å². The van der Waals surface area contributed by atoms with Crippen LogP contribution in [0.15, 0.2) is 24.0 Å². The Morgan fingerprint density at radius 2 is 2.26 bits per heavy atom. The molecule has 0 spiro atoms. The van der Waals surface area contributed by atoms with E-state index < -0.39 is 0 Å². The zero-order chi connectivity index (χ0) is 15.8. The van der Waals surface area contributed by atoms with Gasteiger partial charge < -0.3 is 5.32 Å². The molecule has 0 bridgehead atoms. The van der Waals surface area contributed by atoms with Gasteiger partial charge in [-0.25, -0.2) is 9.97 Å². The summed E-state index contributed by atoms with van der Waals surface area (Å²) in [5.74, 6) is 0.829. The Balaban J connectivity index is 1.62. The fourth-order valence-electron chi connectivity index (χ4n) is 3.34. The lowest BCUT2D eigenvalue weighted by Crippen LogP contribution is -2.24. The summed E-state index contributed by atoms with van der Waals surface area (Å²) >= 11 is 1.69. The van der Waals surface area contributed by atoms with Gasteiger partial charge in [0.1, 0.15) is 5.82 Å². The molecule has 6 nitrogen and oxygen atoms in total. The van der Waals surface area contributed by atoms with E-state index in [0.717, 1.165) is 41.7 Å². The van der Waals surface area contributed by atoms with Crippen molar-refractivity contribution in [2.45, 2.75) is 32.4 Å².